The van der Waals surface area contributed by atoms with Crippen LogP contribution >= 0.6 is 0 Å². The summed E-state index contributed by atoms with van der Waals surface area (Å²) in [6.07, 6.45) is 1.62. The minimum absolute atomic E-state index is 0.0380. The van der Waals surface area contributed by atoms with E-state index in [4.69, 9.17) is 0 Å². The normalized spacial score (nSPS) is 17.7. The van der Waals surface area contributed by atoms with Gasteiger partial charge in [0, 0.05) is 7.05 Å². The molecule has 2 rings (SSSR count). The van der Waals surface area contributed by atoms with Crippen LogP contribution in [0.1, 0.15) is 25.5 Å². The Hall–Kier alpha value is -1.63. The number of β-amino-alcohol motifs (C(OH)–C–C–N with tert-alkyl or cyclic N) is 1. The Labute approximate surface area is 105 Å². The summed E-state index contributed by atoms with van der Waals surface area (Å²) >= 11 is 0. The molecule has 1 saturated heterocycles. The van der Waals surface area contributed by atoms with Gasteiger partial charge in [-0.2, -0.15) is 5.10 Å². The molecule has 0 radical (unpaired) electrons. The van der Waals surface area contributed by atoms with Crippen LogP contribution in [-0.2, 0) is 7.05 Å². The van der Waals surface area contributed by atoms with Crippen LogP contribution in [0.15, 0.2) is 0 Å². The molecule has 1 aliphatic heterocycles. The third-order valence-electron chi connectivity index (χ3n) is 3.33. The Morgan fingerprint density at radius 3 is 2.67 bits per heavy atom. The summed E-state index contributed by atoms with van der Waals surface area (Å²) in [7, 11) is 1.69. The molecule has 18 heavy (non-hydrogen) atoms. The molecule has 1 aromatic rings. The predicted molar refractivity (Wildman–Crippen MR) is 66.7 cm³/mol. The molecule has 1 N–H and O–H groups in total. The Morgan fingerprint density at radius 1 is 1.56 bits per heavy atom. The lowest BCUT2D eigenvalue weighted by Crippen LogP contribution is -2.62. The first-order valence-corrected chi connectivity index (χ1v) is 6.03. The first kappa shape index (κ1) is 12.8. The van der Waals surface area contributed by atoms with Gasteiger partial charge >= 0.3 is 5.69 Å². The minimum Gasteiger partial charge on any atom is -0.386 e. The van der Waals surface area contributed by atoms with Crippen molar-refractivity contribution >= 4 is 11.5 Å². The highest BCUT2D eigenvalue weighted by Crippen LogP contribution is 2.37. The molecule has 7 heteroatoms. The maximum Gasteiger partial charge on any atom is 0.333 e. The maximum atomic E-state index is 11.1. The third kappa shape index (κ3) is 1.94. The van der Waals surface area contributed by atoms with E-state index in [1.165, 1.54) is 4.68 Å². The van der Waals surface area contributed by atoms with Crippen LogP contribution in [0.4, 0.5) is 11.5 Å². The van der Waals surface area contributed by atoms with Crippen LogP contribution in [0.25, 0.3) is 0 Å². The topological polar surface area (TPSA) is 84.4 Å². The van der Waals surface area contributed by atoms with E-state index in [1.54, 1.807) is 14.0 Å². The summed E-state index contributed by atoms with van der Waals surface area (Å²) in [5.74, 6) is 0.485. The molecule has 0 aromatic carbocycles. The van der Waals surface area contributed by atoms with Crippen LogP contribution in [-0.4, -0.2) is 38.5 Å². The number of rotatable bonds is 4. The zero-order valence-corrected chi connectivity index (χ0v) is 10.9. The van der Waals surface area contributed by atoms with E-state index in [0.29, 0.717) is 31.0 Å². The van der Waals surface area contributed by atoms with Crippen molar-refractivity contribution < 1.29 is 10.0 Å². The standard InChI is InChI=1S/C11H18N4O3/c1-4-5-11(16)6-14(7-11)10-9(15(17)18)8(2)12-13(10)3/h16H,4-7H2,1-3H3. The second-order valence-electron chi connectivity index (χ2n) is 4.97. The predicted octanol–water partition coefficient (Wildman–Crippen LogP) is 0.988. The fourth-order valence-corrected chi connectivity index (χ4v) is 2.64. The van der Waals surface area contributed by atoms with Crippen LogP contribution in [0.3, 0.4) is 0 Å². The zero-order valence-electron chi connectivity index (χ0n) is 10.9. The van der Waals surface area contributed by atoms with Gasteiger partial charge < -0.3 is 10.0 Å². The van der Waals surface area contributed by atoms with E-state index < -0.39 is 10.5 Å². The van der Waals surface area contributed by atoms with Gasteiger partial charge in [-0.15, -0.1) is 0 Å². The second-order valence-corrected chi connectivity index (χ2v) is 4.97. The van der Waals surface area contributed by atoms with Crippen LogP contribution in [0.5, 0.6) is 0 Å². The Balaban J connectivity index is 2.24. The molecule has 1 aliphatic rings. The van der Waals surface area contributed by atoms with Gasteiger partial charge in [0.1, 0.15) is 5.69 Å². The zero-order chi connectivity index (χ0) is 13.5. The molecule has 2 heterocycles. The van der Waals surface area contributed by atoms with Gasteiger partial charge in [-0.25, -0.2) is 4.68 Å². The molecule has 7 nitrogen and oxygen atoms in total. The van der Waals surface area contributed by atoms with Crippen LogP contribution in [0.2, 0.25) is 0 Å². The molecule has 100 valence electrons. The van der Waals surface area contributed by atoms with E-state index in [-0.39, 0.29) is 5.69 Å². The Kier molecular flexibility index (Phi) is 3.02. The van der Waals surface area contributed by atoms with Crippen molar-refractivity contribution in [3.63, 3.8) is 0 Å². The highest BCUT2D eigenvalue weighted by molar-refractivity contribution is 5.63. The lowest BCUT2D eigenvalue weighted by Gasteiger charge is -2.47. The fourth-order valence-electron chi connectivity index (χ4n) is 2.64. The maximum absolute atomic E-state index is 11.1. The van der Waals surface area contributed by atoms with Gasteiger partial charge in [0.2, 0.25) is 5.82 Å². The molecule has 1 aromatic heterocycles. The van der Waals surface area contributed by atoms with Crippen molar-refractivity contribution in [1.82, 2.24) is 9.78 Å². The monoisotopic (exact) mass is 254 g/mol. The largest absolute Gasteiger partial charge is 0.386 e. The summed E-state index contributed by atoms with van der Waals surface area (Å²) < 4.78 is 1.51. The van der Waals surface area contributed by atoms with Crippen molar-refractivity contribution in [3.05, 3.63) is 15.8 Å². The molecular weight excluding hydrogens is 236 g/mol. The summed E-state index contributed by atoms with van der Waals surface area (Å²) in [5, 5.41) is 25.3. The molecule has 0 saturated carbocycles. The highest BCUT2D eigenvalue weighted by Gasteiger charge is 2.44. The second kappa shape index (κ2) is 4.24. The Bertz CT molecular complexity index is 477. The van der Waals surface area contributed by atoms with E-state index in [9.17, 15) is 15.2 Å². The number of aryl methyl sites for hydroxylation is 2. The fraction of sp³-hybridized carbons (Fsp3) is 0.727. The highest BCUT2D eigenvalue weighted by atomic mass is 16.6. The number of hydrogen-bond donors (Lipinski definition) is 1. The molecular formula is C11H18N4O3. The quantitative estimate of drug-likeness (QED) is 0.639. The number of aromatic nitrogens is 2. The first-order chi connectivity index (χ1) is 8.38. The number of nitrogens with zero attached hydrogens (tertiary/aromatic N) is 4. The van der Waals surface area contributed by atoms with Gasteiger partial charge in [0.15, 0.2) is 0 Å². The summed E-state index contributed by atoms with van der Waals surface area (Å²) in [6.45, 7) is 4.50. The van der Waals surface area contributed by atoms with Crippen molar-refractivity contribution in [2.24, 2.45) is 7.05 Å². The van der Waals surface area contributed by atoms with Gasteiger partial charge in [0.05, 0.1) is 23.6 Å². The van der Waals surface area contributed by atoms with Gasteiger partial charge in [-0.05, 0) is 13.3 Å². The molecule has 0 bridgehead atoms. The third-order valence-corrected chi connectivity index (χ3v) is 3.33. The molecule has 0 atom stereocenters. The van der Waals surface area contributed by atoms with Gasteiger partial charge in [0.25, 0.3) is 0 Å². The lowest BCUT2D eigenvalue weighted by atomic mass is 9.89. The van der Waals surface area contributed by atoms with Crippen molar-refractivity contribution in [3.8, 4) is 0 Å². The molecule has 0 amide bonds. The van der Waals surface area contributed by atoms with Crippen molar-refractivity contribution in [2.45, 2.75) is 32.3 Å². The first-order valence-electron chi connectivity index (χ1n) is 6.03. The van der Waals surface area contributed by atoms with Crippen LogP contribution < -0.4 is 4.90 Å². The lowest BCUT2D eigenvalue weighted by molar-refractivity contribution is -0.384. The minimum atomic E-state index is -0.708. The number of hydrogen-bond acceptors (Lipinski definition) is 5. The van der Waals surface area contributed by atoms with E-state index in [2.05, 4.69) is 5.10 Å². The molecule has 0 spiro atoms. The van der Waals surface area contributed by atoms with Crippen molar-refractivity contribution in [1.29, 1.82) is 0 Å². The number of aliphatic hydroxyl groups is 1. The van der Waals surface area contributed by atoms with Gasteiger partial charge in [-0.1, -0.05) is 13.3 Å². The summed E-state index contributed by atoms with van der Waals surface area (Å²) in [4.78, 5) is 12.5. The van der Waals surface area contributed by atoms with Gasteiger partial charge in [-0.3, -0.25) is 10.1 Å². The Morgan fingerprint density at radius 2 is 2.17 bits per heavy atom. The molecule has 0 aliphatic carbocycles. The number of anilines is 1. The molecule has 1 fully saturated rings. The van der Waals surface area contributed by atoms with E-state index >= 15 is 0 Å². The van der Waals surface area contributed by atoms with Crippen molar-refractivity contribution in [2.75, 3.05) is 18.0 Å². The van der Waals surface area contributed by atoms with Crippen LogP contribution in [0, 0.1) is 17.0 Å². The average molecular weight is 254 g/mol. The SMILES string of the molecule is CCCC1(O)CN(c2c([N+](=O)[O-])c(C)nn2C)C1. The smallest absolute Gasteiger partial charge is 0.333 e. The summed E-state index contributed by atoms with van der Waals surface area (Å²) in [6, 6.07) is 0. The van der Waals surface area contributed by atoms with E-state index in [1.807, 2.05) is 11.8 Å². The van der Waals surface area contributed by atoms with E-state index in [0.717, 1.165) is 6.42 Å². The number of nitro groups is 1. The average Bonchev–Trinajstić information content (AvgIpc) is 2.50. The summed E-state index contributed by atoms with van der Waals surface area (Å²) in [5.41, 5.74) is -0.264. The molecule has 0 unspecified atom stereocenters.